The Morgan fingerprint density at radius 3 is 0.926 bits per heavy atom. The van der Waals surface area contributed by atoms with Gasteiger partial charge < -0.3 is 29.3 Å². The number of aliphatic carboxylic acids is 2. The van der Waals surface area contributed by atoms with Gasteiger partial charge >= 0.3 is 31.4 Å². The molecule has 0 N–H and O–H groups in total. The second-order valence-electron chi connectivity index (χ2n) is 4.97. The van der Waals surface area contributed by atoms with Crippen molar-refractivity contribution < 1.29 is 58.3 Å². The average Bonchev–Trinajstić information content (AvgIpc) is 2.51. The van der Waals surface area contributed by atoms with E-state index in [1.165, 1.54) is 13.8 Å². The Labute approximate surface area is 172 Å². The third-order valence-corrected chi connectivity index (χ3v) is 1.94. The summed E-state index contributed by atoms with van der Waals surface area (Å²) >= 11 is 0. The fourth-order valence-electron chi connectivity index (χ4n) is 0.515. The summed E-state index contributed by atoms with van der Waals surface area (Å²) in [7, 11) is 0. The Kier molecular flexibility index (Phi) is 21.8. The smallest absolute Gasteiger partial charge is 0.545 e. The van der Waals surface area contributed by atoms with Gasteiger partial charge in [0.05, 0.1) is 11.9 Å². The predicted octanol–water partition coefficient (Wildman–Crippen LogP) is -0.153. The molecule has 9 heteroatoms. The van der Waals surface area contributed by atoms with Crippen LogP contribution in [0, 0.1) is 0 Å². The number of ether oxygens (including phenoxy) is 2. The van der Waals surface area contributed by atoms with E-state index in [-0.39, 0.29) is 43.8 Å². The van der Waals surface area contributed by atoms with E-state index in [1.807, 2.05) is 0 Å². The van der Waals surface area contributed by atoms with Crippen LogP contribution < -0.4 is 10.2 Å². The van der Waals surface area contributed by atoms with E-state index in [2.05, 4.69) is 35.8 Å². The fourth-order valence-corrected chi connectivity index (χ4v) is 0.515. The van der Waals surface area contributed by atoms with Gasteiger partial charge in [-0.3, -0.25) is 0 Å². The molecule has 0 saturated heterocycles. The maximum Gasteiger partial charge on any atom is 2.00 e. The quantitative estimate of drug-likeness (QED) is 0.234. The van der Waals surface area contributed by atoms with E-state index in [9.17, 15) is 29.4 Å². The third-order valence-electron chi connectivity index (χ3n) is 1.94. The second kappa shape index (κ2) is 18.3. The maximum atomic E-state index is 10.8. The molecule has 0 aliphatic rings. The van der Waals surface area contributed by atoms with Crippen molar-refractivity contribution in [1.82, 2.24) is 0 Å². The van der Waals surface area contributed by atoms with Crippen LogP contribution in [-0.2, 0) is 48.1 Å². The molecule has 0 radical (unpaired) electrons. The van der Waals surface area contributed by atoms with E-state index in [4.69, 9.17) is 0 Å². The van der Waals surface area contributed by atoms with Crippen LogP contribution in [-0.4, -0.2) is 37.1 Å². The van der Waals surface area contributed by atoms with E-state index >= 15 is 0 Å². The first-order valence-electron chi connectivity index (χ1n) is 7.12. The predicted molar refractivity (Wildman–Crippen MR) is 91.2 cm³/mol. The van der Waals surface area contributed by atoms with Gasteiger partial charge in [-0.05, 0) is 38.8 Å². The van der Waals surface area contributed by atoms with Crippen LogP contribution in [0.3, 0.4) is 0 Å². The summed E-state index contributed by atoms with van der Waals surface area (Å²) < 4.78 is 9.38. The molecule has 0 aromatic heterocycles. The molecule has 0 aliphatic heterocycles. The molecule has 0 heterocycles. The van der Waals surface area contributed by atoms with Gasteiger partial charge in [-0.2, -0.15) is 0 Å². The number of carbonyl (C=O) groups excluding carboxylic acids is 4. The fraction of sp³-hybridized carbons (Fsp3) is 0.333. The van der Waals surface area contributed by atoms with Crippen molar-refractivity contribution in [2.45, 2.75) is 27.7 Å². The van der Waals surface area contributed by atoms with Crippen molar-refractivity contribution in [3.8, 4) is 0 Å². The van der Waals surface area contributed by atoms with E-state index in [0.29, 0.717) is 11.1 Å². The van der Waals surface area contributed by atoms with Gasteiger partial charge in [0.15, 0.2) is 0 Å². The number of esters is 2. The molecule has 8 nitrogen and oxygen atoms in total. The van der Waals surface area contributed by atoms with Crippen molar-refractivity contribution in [2.24, 2.45) is 0 Å². The van der Waals surface area contributed by atoms with Crippen LogP contribution in [0.5, 0.6) is 0 Å². The first kappa shape index (κ1) is 32.2. The van der Waals surface area contributed by atoms with Crippen molar-refractivity contribution >= 4 is 23.9 Å². The van der Waals surface area contributed by atoms with E-state index < -0.39 is 23.9 Å². The summed E-state index contributed by atoms with van der Waals surface area (Å²) in [6.07, 6.45) is 0. The standard InChI is InChI=1S/C10H14O4.2C4H6O2.Zn/c1-7(2)9(11)13-5-6-14-10(12)8(3)4;2*1-3(2)4(5)6;/h1,3,5-6H2,2,4H3;2*1H2,2H3,(H,5,6);/q;;;+2/p-2. The minimum Gasteiger partial charge on any atom is -0.545 e. The van der Waals surface area contributed by atoms with E-state index in [1.54, 1.807) is 13.8 Å². The minimum atomic E-state index is -1.19. The Morgan fingerprint density at radius 1 is 0.630 bits per heavy atom. The molecular weight excluding hydrogens is 410 g/mol. The van der Waals surface area contributed by atoms with Crippen LogP contribution in [0.2, 0.25) is 0 Å². The van der Waals surface area contributed by atoms with Crippen LogP contribution in [0.25, 0.3) is 0 Å². The number of carbonyl (C=O) groups is 4. The topological polar surface area (TPSA) is 133 Å². The summed E-state index contributed by atoms with van der Waals surface area (Å²) in [5.41, 5.74) is 0.762. The molecule has 27 heavy (non-hydrogen) atoms. The molecule has 0 rings (SSSR count). The van der Waals surface area contributed by atoms with Gasteiger partial charge in [0, 0.05) is 11.1 Å². The SMILES string of the molecule is C=C(C)C(=O)OCCOC(=O)C(=C)C.C=C(C)C(=O)[O-].C=C(C)C(=O)[O-].[Zn+2]. The molecule has 0 aromatic rings. The molecule has 0 amide bonds. The largest absolute Gasteiger partial charge is 2.00 e. The number of rotatable bonds is 7. The van der Waals surface area contributed by atoms with Crippen LogP contribution in [0.4, 0.5) is 0 Å². The summed E-state index contributed by atoms with van der Waals surface area (Å²) in [5, 5.41) is 19.0. The average molecular weight is 434 g/mol. The van der Waals surface area contributed by atoms with Gasteiger partial charge in [0.2, 0.25) is 0 Å². The zero-order valence-electron chi connectivity index (χ0n) is 16.2. The zero-order chi connectivity index (χ0) is 21.4. The van der Waals surface area contributed by atoms with Gasteiger partial charge in [0.25, 0.3) is 0 Å². The molecule has 0 bridgehead atoms. The number of hydrogen-bond acceptors (Lipinski definition) is 8. The summed E-state index contributed by atoms with van der Waals surface area (Å²) in [6.45, 7) is 18.9. The monoisotopic (exact) mass is 432 g/mol. The maximum absolute atomic E-state index is 10.8. The molecule has 146 valence electrons. The molecule has 0 atom stereocenters. The molecule has 0 unspecified atom stereocenters. The molecule has 0 aliphatic carbocycles. The zero-order valence-corrected chi connectivity index (χ0v) is 19.2. The van der Waals surface area contributed by atoms with Crippen molar-refractivity contribution in [3.63, 3.8) is 0 Å². The van der Waals surface area contributed by atoms with Crippen LogP contribution in [0.1, 0.15) is 27.7 Å². The molecule has 0 saturated carbocycles. The Morgan fingerprint density at radius 2 is 0.815 bits per heavy atom. The number of carboxylic acids is 2. The van der Waals surface area contributed by atoms with Gasteiger partial charge in [-0.1, -0.05) is 26.3 Å². The number of carboxylic acid groups (broad SMARTS) is 2. The molecule has 0 spiro atoms. The van der Waals surface area contributed by atoms with Crippen molar-refractivity contribution in [1.29, 1.82) is 0 Å². The van der Waals surface area contributed by atoms with E-state index in [0.717, 1.165) is 0 Å². The normalized spacial score (nSPS) is 8.00. The van der Waals surface area contributed by atoms with Gasteiger partial charge in [-0.15, -0.1) is 0 Å². The Balaban J connectivity index is -0.000000170. The number of hydrogen-bond donors (Lipinski definition) is 0. The van der Waals surface area contributed by atoms with Crippen LogP contribution >= 0.6 is 0 Å². The first-order chi connectivity index (χ1) is 11.7. The first-order valence-corrected chi connectivity index (χ1v) is 7.12. The molecule has 0 fully saturated rings. The summed E-state index contributed by atoms with van der Waals surface area (Å²) in [6, 6.07) is 0. The van der Waals surface area contributed by atoms with Crippen molar-refractivity contribution in [2.75, 3.05) is 13.2 Å². The molecule has 0 aromatic carbocycles. The molecular formula is C18H24O8Zn. The Hall–Kier alpha value is -2.54. The van der Waals surface area contributed by atoms with Gasteiger partial charge in [-0.25, -0.2) is 9.59 Å². The van der Waals surface area contributed by atoms with Crippen LogP contribution in [0.15, 0.2) is 48.6 Å². The summed E-state index contributed by atoms with van der Waals surface area (Å²) in [5.74, 6) is -3.35. The third kappa shape index (κ3) is 25.8. The second-order valence-corrected chi connectivity index (χ2v) is 4.97. The van der Waals surface area contributed by atoms with Gasteiger partial charge in [0.1, 0.15) is 13.2 Å². The van der Waals surface area contributed by atoms with Crippen molar-refractivity contribution in [3.05, 3.63) is 48.6 Å². The Bertz CT molecular complexity index is 514. The summed E-state index contributed by atoms with van der Waals surface area (Å²) in [4.78, 5) is 40.7. The minimum absolute atomic E-state index is 0.